The average Bonchev–Trinajstić information content (AvgIpc) is 2.87. The Labute approximate surface area is 193 Å². The van der Waals surface area contributed by atoms with Gasteiger partial charge >= 0.3 is 0 Å². The molecular formula is C31H20O2. The summed E-state index contributed by atoms with van der Waals surface area (Å²) in [5.41, 5.74) is 4.45. The van der Waals surface area contributed by atoms with Gasteiger partial charge in [-0.05, 0) is 60.2 Å². The van der Waals surface area contributed by atoms with Crippen molar-refractivity contribution in [2.24, 2.45) is 0 Å². The molecule has 33 heavy (non-hydrogen) atoms. The van der Waals surface area contributed by atoms with E-state index in [1.165, 1.54) is 6.07 Å². The zero-order valence-corrected chi connectivity index (χ0v) is 17.9. The fourth-order valence-corrected chi connectivity index (χ4v) is 3.18. The zero-order chi connectivity index (χ0) is 23.0. The molecule has 2 nitrogen and oxygen atoms in total. The van der Waals surface area contributed by atoms with Crippen LogP contribution in [0.5, 0.6) is 5.75 Å². The number of carbonyl (C=O) groups is 1. The van der Waals surface area contributed by atoms with Crippen LogP contribution < -0.4 is 0 Å². The van der Waals surface area contributed by atoms with E-state index in [9.17, 15) is 9.90 Å². The second kappa shape index (κ2) is 10.0. The lowest BCUT2D eigenvalue weighted by atomic mass is 9.96. The third kappa shape index (κ3) is 5.47. The molecule has 0 radical (unpaired) electrons. The highest BCUT2D eigenvalue weighted by Crippen LogP contribution is 2.25. The predicted octanol–water partition coefficient (Wildman–Crippen LogP) is 6.09. The van der Waals surface area contributed by atoms with Gasteiger partial charge in [-0.2, -0.15) is 0 Å². The normalized spacial score (nSPS) is 9.70. The predicted molar refractivity (Wildman–Crippen MR) is 133 cm³/mol. The SMILES string of the molecule is C=C(C(=O)c1ccc(C#Cc2ccccc2)cc1O)c1ccc(C#Cc2ccccc2)cc1. The van der Waals surface area contributed by atoms with Crippen LogP contribution in [0.25, 0.3) is 5.57 Å². The fraction of sp³-hybridized carbons (Fsp3) is 0. The summed E-state index contributed by atoms with van der Waals surface area (Å²) in [5.74, 6) is 11.8. The molecule has 0 atom stereocenters. The van der Waals surface area contributed by atoms with E-state index >= 15 is 0 Å². The van der Waals surface area contributed by atoms with Gasteiger partial charge in [-0.15, -0.1) is 0 Å². The van der Waals surface area contributed by atoms with E-state index in [1.807, 2.05) is 84.9 Å². The molecule has 0 aliphatic carbocycles. The quantitative estimate of drug-likeness (QED) is 0.246. The summed E-state index contributed by atoms with van der Waals surface area (Å²) in [6.45, 7) is 3.94. The van der Waals surface area contributed by atoms with Crippen LogP contribution in [0.15, 0.2) is 110 Å². The summed E-state index contributed by atoms with van der Waals surface area (Å²) in [6, 6.07) is 31.4. The van der Waals surface area contributed by atoms with Crippen molar-refractivity contribution in [3.05, 3.63) is 143 Å². The van der Waals surface area contributed by atoms with Gasteiger partial charge in [0.05, 0.1) is 5.56 Å². The second-order valence-corrected chi connectivity index (χ2v) is 7.35. The molecule has 4 aromatic carbocycles. The summed E-state index contributed by atoms with van der Waals surface area (Å²) < 4.78 is 0. The molecule has 4 rings (SSSR count). The van der Waals surface area contributed by atoms with Crippen LogP contribution in [-0.2, 0) is 0 Å². The molecule has 0 saturated carbocycles. The van der Waals surface area contributed by atoms with Gasteiger partial charge in [0.2, 0.25) is 0 Å². The number of rotatable bonds is 3. The lowest BCUT2D eigenvalue weighted by Crippen LogP contribution is -2.02. The Hall–Kier alpha value is -4.79. The number of ketones is 1. The minimum absolute atomic E-state index is 0.119. The maximum Gasteiger partial charge on any atom is 0.196 e. The van der Waals surface area contributed by atoms with Crippen molar-refractivity contribution in [1.82, 2.24) is 0 Å². The first-order valence-corrected chi connectivity index (χ1v) is 10.4. The van der Waals surface area contributed by atoms with E-state index in [0.717, 1.165) is 16.7 Å². The van der Waals surface area contributed by atoms with E-state index in [0.29, 0.717) is 16.7 Å². The van der Waals surface area contributed by atoms with Crippen LogP contribution in [0, 0.1) is 23.7 Å². The van der Waals surface area contributed by atoms with E-state index in [4.69, 9.17) is 0 Å². The topological polar surface area (TPSA) is 37.3 Å². The number of hydrogen-bond acceptors (Lipinski definition) is 2. The number of allylic oxidation sites excluding steroid dienone is 1. The minimum Gasteiger partial charge on any atom is -0.507 e. The first kappa shape index (κ1) is 21.4. The molecule has 0 heterocycles. The van der Waals surface area contributed by atoms with Crippen LogP contribution in [0.3, 0.4) is 0 Å². The third-order valence-electron chi connectivity index (χ3n) is 5.00. The molecule has 0 aliphatic heterocycles. The van der Waals surface area contributed by atoms with Gasteiger partial charge in [0.15, 0.2) is 5.78 Å². The summed E-state index contributed by atoms with van der Waals surface area (Å²) >= 11 is 0. The van der Waals surface area contributed by atoms with Crippen molar-refractivity contribution >= 4 is 11.4 Å². The Kier molecular flexibility index (Phi) is 6.51. The Morgan fingerprint density at radius 2 is 1.06 bits per heavy atom. The fourth-order valence-electron chi connectivity index (χ4n) is 3.18. The Morgan fingerprint density at radius 3 is 1.58 bits per heavy atom. The number of hydrogen-bond donors (Lipinski definition) is 1. The Morgan fingerprint density at radius 1 is 0.606 bits per heavy atom. The number of Topliss-reactive ketones (excluding diaryl/α,β-unsaturated/α-hetero) is 1. The zero-order valence-electron chi connectivity index (χ0n) is 17.9. The maximum atomic E-state index is 12.9. The molecular weight excluding hydrogens is 404 g/mol. The highest BCUT2D eigenvalue weighted by molar-refractivity contribution is 6.29. The lowest BCUT2D eigenvalue weighted by molar-refractivity contribution is 0.105. The minimum atomic E-state index is -0.335. The average molecular weight is 424 g/mol. The van der Waals surface area contributed by atoms with E-state index in [-0.39, 0.29) is 17.1 Å². The molecule has 0 fully saturated rings. The van der Waals surface area contributed by atoms with Crippen molar-refractivity contribution < 1.29 is 9.90 Å². The van der Waals surface area contributed by atoms with E-state index in [2.05, 4.69) is 30.3 Å². The maximum absolute atomic E-state index is 12.9. The van der Waals surface area contributed by atoms with Crippen molar-refractivity contribution in [2.75, 3.05) is 0 Å². The lowest BCUT2D eigenvalue weighted by Gasteiger charge is -2.08. The molecule has 0 aliphatic rings. The molecule has 0 bridgehead atoms. The molecule has 2 heteroatoms. The van der Waals surface area contributed by atoms with Crippen LogP contribution in [0.4, 0.5) is 0 Å². The second-order valence-electron chi connectivity index (χ2n) is 7.35. The van der Waals surface area contributed by atoms with Gasteiger partial charge in [0.25, 0.3) is 0 Å². The summed E-state index contributed by atoms with van der Waals surface area (Å²) in [4.78, 5) is 12.9. The molecule has 0 aromatic heterocycles. The smallest absolute Gasteiger partial charge is 0.196 e. The molecule has 0 saturated heterocycles. The Bertz CT molecular complexity index is 1420. The first-order valence-electron chi connectivity index (χ1n) is 10.4. The molecule has 0 spiro atoms. The number of carbonyl (C=O) groups excluding carboxylic acids is 1. The Balaban J connectivity index is 1.48. The van der Waals surface area contributed by atoms with Gasteiger partial charge in [-0.25, -0.2) is 0 Å². The number of phenols is 1. The van der Waals surface area contributed by atoms with E-state index in [1.54, 1.807) is 12.1 Å². The van der Waals surface area contributed by atoms with Crippen LogP contribution in [0.2, 0.25) is 0 Å². The van der Waals surface area contributed by atoms with Gasteiger partial charge in [0, 0.05) is 27.8 Å². The highest BCUT2D eigenvalue weighted by atomic mass is 16.3. The number of phenolic OH excluding ortho intramolecular Hbond substituents is 1. The van der Waals surface area contributed by atoms with Gasteiger partial charge in [-0.3, -0.25) is 4.79 Å². The monoisotopic (exact) mass is 424 g/mol. The highest BCUT2D eigenvalue weighted by Gasteiger charge is 2.16. The molecule has 0 unspecified atom stereocenters. The summed E-state index contributed by atoms with van der Waals surface area (Å²) in [5, 5.41) is 10.4. The van der Waals surface area contributed by atoms with Crippen LogP contribution in [-0.4, -0.2) is 10.9 Å². The van der Waals surface area contributed by atoms with E-state index < -0.39 is 0 Å². The number of aromatic hydroxyl groups is 1. The van der Waals surface area contributed by atoms with Crippen LogP contribution >= 0.6 is 0 Å². The largest absolute Gasteiger partial charge is 0.507 e. The van der Waals surface area contributed by atoms with Crippen molar-refractivity contribution in [3.8, 4) is 29.4 Å². The number of benzene rings is 4. The van der Waals surface area contributed by atoms with Crippen LogP contribution in [0.1, 0.15) is 38.2 Å². The van der Waals surface area contributed by atoms with Gasteiger partial charge in [0.1, 0.15) is 5.75 Å². The molecule has 0 amide bonds. The molecule has 156 valence electrons. The van der Waals surface area contributed by atoms with Crippen molar-refractivity contribution in [3.63, 3.8) is 0 Å². The summed E-state index contributed by atoms with van der Waals surface area (Å²) in [7, 11) is 0. The standard InChI is InChI=1S/C31H20O2/c1-23(28-19-16-26(17-20-28)13-12-24-8-4-2-5-9-24)31(33)29-21-18-27(22-30(29)32)15-14-25-10-6-3-7-11-25/h2-11,16-22,32H,1H2. The third-order valence-corrected chi connectivity index (χ3v) is 5.00. The van der Waals surface area contributed by atoms with Crippen molar-refractivity contribution in [1.29, 1.82) is 0 Å². The first-order chi connectivity index (χ1) is 16.1. The van der Waals surface area contributed by atoms with Crippen molar-refractivity contribution in [2.45, 2.75) is 0 Å². The summed E-state index contributed by atoms with van der Waals surface area (Å²) in [6.07, 6.45) is 0. The van der Waals surface area contributed by atoms with Gasteiger partial charge in [-0.1, -0.05) is 78.8 Å². The molecule has 1 N–H and O–H groups in total. The van der Waals surface area contributed by atoms with Gasteiger partial charge < -0.3 is 5.11 Å². The molecule has 4 aromatic rings.